The van der Waals surface area contributed by atoms with Gasteiger partial charge in [0, 0.05) is 57.0 Å². The maximum atomic E-state index is 12.9. The Morgan fingerprint density at radius 2 is 1.54 bits per heavy atom. The van der Waals surface area contributed by atoms with Crippen molar-refractivity contribution in [1.29, 1.82) is 0 Å². The maximum absolute atomic E-state index is 12.9. The van der Waals surface area contributed by atoms with Crippen LogP contribution in [0.1, 0.15) is 79.2 Å². The second-order valence-electron chi connectivity index (χ2n) is 14.1. The maximum Gasteiger partial charge on any atom is 0.326 e. The Morgan fingerprint density at radius 1 is 0.833 bits per heavy atom. The van der Waals surface area contributed by atoms with Crippen LogP contribution in [0, 0.1) is 0 Å². The van der Waals surface area contributed by atoms with Gasteiger partial charge in [-0.1, -0.05) is 84.9 Å². The van der Waals surface area contributed by atoms with E-state index in [1.165, 1.54) is 0 Å². The van der Waals surface area contributed by atoms with Gasteiger partial charge in [0.1, 0.15) is 0 Å². The van der Waals surface area contributed by atoms with Gasteiger partial charge in [-0.25, -0.2) is 10.3 Å². The molecule has 0 bridgehead atoms. The number of amides is 2. The molecule has 0 spiro atoms. The zero-order valence-electron chi connectivity index (χ0n) is 30.2. The minimum atomic E-state index is -0.592. The van der Waals surface area contributed by atoms with Crippen LogP contribution in [0.25, 0.3) is 22.2 Å². The van der Waals surface area contributed by atoms with E-state index in [0.717, 1.165) is 76.9 Å². The number of piperidine rings is 1. The van der Waals surface area contributed by atoms with Crippen molar-refractivity contribution in [2.75, 3.05) is 19.6 Å². The van der Waals surface area contributed by atoms with E-state index in [9.17, 15) is 19.5 Å². The number of rotatable bonds is 13. The van der Waals surface area contributed by atoms with E-state index in [2.05, 4.69) is 15.2 Å². The predicted octanol–water partition coefficient (Wildman–Crippen LogP) is 5.66. The average Bonchev–Trinajstić information content (AvgIpc) is 3.56. The molecule has 282 valence electrons. The van der Waals surface area contributed by atoms with Crippen LogP contribution in [0.3, 0.4) is 0 Å². The number of H-pyrrole nitrogens is 1. The van der Waals surface area contributed by atoms with Crippen LogP contribution in [0.15, 0.2) is 102 Å². The second kappa shape index (κ2) is 17.4. The lowest BCUT2D eigenvalue weighted by Gasteiger charge is -2.40. The molecule has 4 aromatic carbocycles. The molecule has 2 saturated heterocycles. The Kier molecular flexibility index (Phi) is 12.0. The molecule has 12 nitrogen and oxygen atoms in total. The molecular formula is C42H47N5O7. The Labute approximate surface area is 313 Å². The molecule has 1 aromatic heterocycles. The standard InChI is InChI=1S/C42H47N5O7/c48-27-28-12-14-30(15-13-28)38-24-34(26-46-22-20-33(21-23-46)47-37-9-4-3-8-36(37)44-42(47)51)53-41(54-38)31-18-16-29(17-19-31)35-7-2-1-6-32(35)25-43-39(49)10-5-11-40(50)45-52/h1-4,6-9,12-19,33-34,38,41,48,52H,5,10-11,20-27H2,(H,43,49)(H,44,51)(H,45,50). The molecule has 2 amide bonds. The van der Waals surface area contributed by atoms with E-state index in [1.807, 2.05) is 102 Å². The smallest absolute Gasteiger partial charge is 0.326 e. The molecule has 54 heavy (non-hydrogen) atoms. The first kappa shape index (κ1) is 37.2. The van der Waals surface area contributed by atoms with Crippen molar-refractivity contribution in [3.05, 3.63) is 130 Å². The zero-order chi connectivity index (χ0) is 37.4. The van der Waals surface area contributed by atoms with E-state index in [0.29, 0.717) is 19.4 Å². The van der Waals surface area contributed by atoms with Gasteiger partial charge in [0.05, 0.1) is 29.8 Å². The Hall–Kier alpha value is -5.11. The van der Waals surface area contributed by atoms with Crippen LogP contribution in [0.5, 0.6) is 0 Å². The molecule has 7 rings (SSSR count). The van der Waals surface area contributed by atoms with Gasteiger partial charge in [-0.05, 0) is 59.2 Å². The highest BCUT2D eigenvalue weighted by Gasteiger charge is 2.34. The first-order chi connectivity index (χ1) is 26.4. The van der Waals surface area contributed by atoms with E-state index >= 15 is 0 Å². The number of para-hydroxylation sites is 2. The number of hydroxylamine groups is 1. The number of hydrogen-bond acceptors (Lipinski definition) is 8. The SMILES string of the molecule is O=C(CCCC(=O)NCc1ccccc1-c1ccc(C2OC(CN3CCC(n4c(=O)[nH]c5ccccc54)CC3)CC(c3ccc(CO)cc3)O2)cc1)NO. The van der Waals surface area contributed by atoms with Crippen molar-refractivity contribution < 1.29 is 29.4 Å². The molecule has 0 saturated carbocycles. The van der Waals surface area contributed by atoms with Crippen LogP contribution in [0.4, 0.5) is 0 Å². The van der Waals surface area contributed by atoms with E-state index < -0.39 is 12.2 Å². The molecule has 2 aliphatic heterocycles. The number of aromatic amines is 1. The van der Waals surface area contributed by atoms with Crippen molar-refractivity contribution in [2.24, 2.45) is 0 Å². The molecule has 3 heterocycles. The van der Waals surface area contributed by atoms with E-state index in [-0.39, 0.29) is 49.3 Å². The summed E-state index contributed by atoms with van der Waals surface area (Å²) >= 11 is 0. The number of nitrogens with zero attached hydrogens (tertiary/aromatic N) is 2. The lowest BCUT2D eigenvalue weighted by atomic mass is 9.97. The minimum absolute atomic E-state index is 0.0197. The number of hydrogen-bond donors (Lipinski definition) is 5. The normalized spacial score (nSPS) is 19.5. The molecule has 5 aromatic rings. The first-order valence-electron chi connectivity index (χ1n) is 18.7. The zero-order valence-corrected chi connectivity index (χ0v) is 30.2. The average molecular weight is 734 g/mol. The molecule has 3 unspecified atom stereocenters. The van der Waals surface area contributed by atoms with Crippen molar-refractivity contribution in [3.8, 4) is 11.1 Å². The molecule has 12 heteroatoms. The van der Waals surface area contributed by atoms with E-state index in [4.69, 9.17) is 14.7 Å². The number of imidazole rings is 1. The number of aromatic nitrogens is 2. The molecule has 2 aliphatic rings. The summed E-state index contributed by atoms with van der Waals surface area (Å²) in [6, 6.07) is 31.9. The Balaban J connectivity index is 1.03. The number of carbonyl (C=O) groups is 2. The fourth-order valence-corrected chi connectivity index (χ4v) is 7.64. The summed E-state index contributed by atoms with van der Waals surface area (Å²) in [5.41, 5.74) is 9.07. The third-order valence-electron chi connectivity index (χ3n) is 10.5. The van der Waals surface area contributed by atoms with Crippen LogP contribution < -0.4 is 16.5 Å². The van der Waals surface area contributed by atoms with Gasteiger partial charge < -0.3 is 29.8 Å². The van der Waals surface area contributed by atoms with Crippen molar-refractivity contribution in [1.82, 2.24) is 25.2 Å². The fourth-order valence-electron chi connectivity index (χ4n) is 7.64. The summed E-state index contributed by atoms with van der Waals surface area (Å²) in [7, 11) is 0. The monoisotopic (exact) mass is 733 g/mol. The van der Waals surface area contributed by atoms with Crippen LogP contribution in [0.2, 0.25) is 0 Å². The van der Waals surface area contributed by atoms with Crippen LogP contribution >= 0.6 is 0 Å². The number of benzene rings is 4. The number of likely N-dealkylation sites (tertiary alicyclic amines) is 1. The molecule has 2 fully saturated rings. The number of aliphatic hydroxyl groups excluding tert-OH is 1. The lowest BCUT2D eigenvalue weighted by molar-refractivity contribution is -0.253. The van der Waals surface area contributed by atoms with Gasteiger partial charge in [-0.2, -0.15) is 0 Å². The molecule has 3 atom stereocenters. The van der Waals surface area contributed by atoms with Crippen molar-refractivity contribution >= 4 is 22.8 Å². The highest BCUT2D eigenvalue weighted by molar-refractivity contribution is 5.79. The lowest BCUT2D eigenvalue weighted by Crippen LogP contribution is -2.43. The topological polar surface area (TPSA) is 158 Å². The predicted molar refractivity (Wildman–Crippen MR) is 203 cm³/mol. The van der Waals surface area contributed by atoms with Gasteiger partial charge in [0.25, 0.3) is 0 Å². The van der Waals surface area contributed by atoms with Gasteiger partial charge in [-0.3, -0.25) is 19.4 Å². The highest BCUT2D eigenvalue weighted by Crippen LogP contribution is 2.39. The number of nitrogens with one attached hydrogen (secondary N) is 3. The summed E-state index contributed by atoms with van der Waals surface area (Å²) < 4.78 is 15.2. The first-order valence-corrected chi connectivity index (χ1v) is 18.7. The third-order valence-corrected chi connectivity index (χ3v) is 10.5. The summed E-state index contributed by atoms with van der Waals surface area (Å²) in [5.74, 6) is -0.678. The van der Waals surface area contributed by atoms with Gasteiger partial charge in [0.2, 0.25) is 11.8 Å². The van der Waals surface area contributed by atoms with E-state index in [1.54, 1.807) is 5.48 Å². The third kappa shape index (κ3) is 8.81. The largest absolute Gasteiger partial charge is 0.392 e. The number of fused-ring (bicyclic) bond motifs is 1. The Bertz CT molecular complexity index is 2090. The molecular weight excluding hydrogens is 686 g/mol. The summed E-state index contributed by atoms with van der Waals surface area (Å²) in [6.45, 7) is 2.77. The molecule has 5 N–H and O–H groups in total. The number of aliphatic hydroxyl groups is 1. The van der Waals surface area contributed by atoms with Gasteiger partial charge in [0.15, 0.2) is 6.29 Å². The Morgan fingerprint density at radius 3 is 2.30 bits per heavy atom. The fraction of sp³-hybridized carbons (Fsp3) is 0.357. The highest BCUT2D eigenvalue weighted by atomic mass is 16.7. The molecule has 0 radical (unpaired) electrons. The minimum Gasteiger partial charge on any atom is -0.392 e. The van der Waals surface area contributed by atoms with Gasteiger partial charge in [-0.15, -0.1) is 0 Å². The van der Waals surface area contributed by atoms with Crippen LogP contribution in [-0.4, -0.2) is 62.3 Å². The van der Waals surface area contributed by atoms with Crippen molar-refractivity contribution in [3.63, 3.8) is 0 Å². The summed E-state index contributed by atoms with van der Waals surface area (Å²) in [6.07, 6.45) is 2.14. The number of ether oxygens (including phenoxy) is 2. The summed E-state index contributed by atoms with van der Waals surface area (Å²) in [4.78, 5) is 42.0. The van der Waals surface area contributed by atoms with Crippen molar-refractivity contribution in [2.45, 2.75) is 76.2 Å². The summed E-state index contributed by atoms with van der Waals surface area (Å²) in [5, 5.41) is 21.2. The second-order valence-corrected chi connectivity index (χ2v) is 14.1. The molecule has 0 aliphatic carbocycles. The quantitative estimate of drug-likeness (QED) is 0.0766. The van der Waals surface area contributed by atoms with Gasteiger partial charge >= 0.3 is 5.69 Å². The van der Waals surface area contributed by atoms with Crippen LogP contribution in [-0.2, 0) is 32.2 Å². The number of carbonyl (C=O) groups excluding carboxylic acids is 2.